The van der Waals surface area contributed by atoms with Gasteiger partial charge >= 0.3 is 0 Å². The number of fused-ring (bicyclic) bond motifs is 3. The number of aromatic nitrogens is 4. The van der Waals surface area contributed by atoms with Gasteiger partial charge in [0.2, 0.25) is 5.95 Å². The molecule has 9 heteroatoms. The van der Waals surface area contributed by atoms with Gasteiger partial charge in [-0.1, -0.05) is 12.1 Å². The molecule has 0 radical (unpaired) electrons. The van der Waals surface area contributed by atoms with E-state index < -0.39 is 0 Å². The SMILES string of the molecule is Cc1cnc(Nc2cc3c(cc2OC(C)C)Cc2c-3n[nH]c2CO)nc1Nc1ccccc1NC(C)C. The number of nitrogens with zero attached hydrogens (tertiary/aromatic N) is 3. The minimum Gasteiger partial charge on any atom is -0.489 e. The number of rotatable bonds is 9. The summed E-state index contributed by atoms with van der Waals surface area (Å²) in [5.74, 6) is 1.89. The second kappa shape index (κ2) is 10.1. The van der Waals surface area contributed by atoms with Gasteiger partial charge in [-0.25, -0.2) is 4.98 Å². The molecule has 2 heterocycles. The van der Waals surface area contributed by atoms with E-state index >= 15 is 0 Å². The van der Waals surface area contributed by atoms with Crippen molar-refractivity contribution >= 4 is 28.8 Å². The number of aliphatic hydroxyl groups excluding tert-OH is 1. The van der Waals surface area contributed by atoms with Crippen molar-refractivity contribution in [1.29, 1.82) is 0 Å². The third-order valence-corrected chi connectivity index (χ3v) is 6.14. The van der Waals surface area contributed by atoms with Crippen molar-refractivity contribution in [3.8, 4) is 17.0 Å². The van der Waals surface area contributed by atoms with Crippen LogP contribution >= 0.6 is 0 Å². The molecule has 0 amide bonds. The van der Waals surface area contributed by atoms with Crippen LogP contribution in [0.25, 0.3) is 11.3 Å². The summed E-state index contributed by atoms with van der Waals surface area (Å²) in [5.41, 5.74) is 8.38. The molecule has 5 rings (SSSR count). The molecule has 0 bridgehead atoms. The van der Waals surface area contributed by atoms with Crippen LogP contribution in [0.2, 0.25) is 0 Å². The lowest BCUT2D eigenvalue weighted by Crippen LogP contribution is -2.12. The standard InChI is InChI=1S/C28H33N7O2/c1-15(2)30-21-8-6-7-9-22(21)31-27-17(5)13-29-28(33-27)32-23-12-19-18(11-25(23)37-16(3)4)10-20-24(14-36)34-35-26(19)20/h6-9,11-13,15-16,30,36H,10,14H2,1-5H3,(H,34,35)(H2,29,31,32,33). The summed E-state index contributed by atoms with van der Waals surface area (Å²) in [5, 5.41) is 27.4. The van der Waals surface area contributed by atoms with Crippen molar-refractivity contribution in [2.45, 2.75) is 59.8 Å². The molecule has 0 unspecified atom stereocenters. The number of benzene rings is 2. The Morgan fingerprint density at radius 3 is 2.57 bits per heavy atom. The molecule has 4 aromatic rings. The quantitative estimate of drug-likeness (QED) is 0.176. The van der Waals surface area contributed by atoms with Crippen LogP contribution in [0.1, 0.15) is 50.1 Å². The molecule has 0 spiro atoms. The molecular weight excluding hydrogens is 466 g/mol. The zero-order valence-corrected chi connectivity index (χ0v) is 21.8. The summed E-state index contributed by atoms with van der Waals surface area (Å²) < 4.78 is 6.16. The number of anilines is 5. The maximum Gasteiger partial charge on any atom is 0.229 e. The third-order valence-electron chi connectivity index (χ3n) is 6.14. The predicted molar refractivity (Wildman–Crippen MR) is 147 cm³/mol. The second-order valence-electron chi connectivity index (χ2n) is 9.86. The van der Waals surface area contributed by atoms with Crippen LogP contribution < -0.4 is 20.7 Å². The number of aryl methyl sites for hydroxylation is 1. The number of aliphatic hydroxyl groups is 1. The zero-order valence-electron chi connectivity index (χ0n) is 21.8. The van der Waals surface area contributed by atoms with Gasteiger partial charge in [0.05, 0.1) is 41.2 Å². The van der Waals surface area contributed by atoms with Crippen LogP contribution in [-0.4, -0.2) is 37.4 Å². The van der Waals surface area contributed by atoms with Crippen molar-refractivity contribution in [1.82, 2.24) is 20.2 Å². The summed E-state index contributed by atoms with van der Waals surface area (Å²) in [6.07, 6.45) is 2.49. The number of aromatic amines is 1. The highest BCUT2D eigenvalue weighted by Gasteiger charge is 2.27. The first-order valence-corrected chi connectivity index (χ1v) is 12.6. The van der Waals surface area contributed by atoms with Crippen LogP contribution in [0, 0.1) is 6.92 Å². The smallest absolute Gasteiger partial charge is 0.229 e. The van der Waals surface area contributed by atoms with E-state index in [1.165, 1.54) is 0 Å². The summed E-state index contributed by atoms with van der Waals surface area (Å²) in [6, 6.07) is 12.4. The van der Waals surface area contributed by atoms with Crippen molar-refractivity contribution in [2.24, 2.45) is 0 Å². The first-order valence-electron chi connectivity index (χ1n) is 12.6. The minimum atomic E-state index is -0.0699. The van der Waals surface area contributed by atoms with Crippen LogP contribution in [0.3, 0.4) is 0 Å². The Bertz CT molecular complexity index is 1430. The molecule has 1 aliphatic carbocycles. The van der Waals surface area contributed by atoms with E-state index in [0.29, 0.717) is 24.2 Å². The van der Waals surface area contributed by atoms with Crippen LogP contribution in [-0.2, 0) is 13.0 Å². The lowest BCUT2D eigenvalue weighted by Gasteiger charge is -2.18. The monoisotopic (exact) mass is 499 g/mol. The Morgan fingerprint density at radius 2 is 1.84 bits per heavy atom. The van der Waals surface area contributed by atoms with Crippen molar-refractivity contribution in [3.63, 3.8) is 0 Å². The lowest BCUT2D eigenvalue weighted by atomic mass is 10.1. The highest BCUT2D eigenvalue weighted by Crippen LogP contribution is 2.43. The molecule has 0 saturated heterocycles. The number of H-pyrrole nitrogens is 1. The van der Waals surface area contributed by atoms with Crippen LogP contribution in [0.15, 0.2) is 42.6 Å². The largest absolute Gasteiger partial charge is 0.489 e. The maximum absolute atomic E-state index is 9.67. The molecule has 5 N–H and O–H groups in total. The summed E-state index contributed by atoms with van der Waals surface area (Å²) in [7, 11) is 0. The van der Waals surface area contributed by atoms with E-state index in [2.05, 4.69) is 45.0 Å². The molecule has 2 aromatic heterocycles. The average molecular weight is 500 g/mol. The predicted octanol–water partition coefficient (Wildman–Crippen LogP) is 5.67. The number of ether oxygens (including phenoxy) is 1. The molecular formula is C28H33N7O2. The van der Waals surface area contributed by atoms with Crippen molar-refractivity contribution < 1.29 is 9.84 Å². The molecule has 0 fully saturated rings. The first-order chi connectivity index (χ1) is 17.8. The fourth-order valence-electron chi connectivity index (χ4n) is 4.48. The highest BCUT2D eigenvalue weighted by atomic mass is 16.5. The molecule has 37 heavy (non-hydrogen) atoms. The third kappa shape index (κ3) is 5.08. The number of para-hydroxylation sites is 2. The Hall–Kier alpha value is -4.11. The lowest BCUT2D eigenvalue weighted by molar-refractivity contribution is 0.243. The van der Waals surface area contributed by atoms with E-state index in [1.54, 1.807) is 6.20 Å². The zero-order chi connectivity index (χ0) is 26.1. The normalized spacial score (nSPS) is 12.0. The summed E-state index contributed by atoms with van der Waals surface area (Å²) in [4.78, 5) is 9.32. The van der Waals surface area contributed by atoms with Gasteiger partial charge in [-0.15, -0.1) is 0 Å². The van der Waals surface area contributed by atoms with E-state index in [1.807, 2.05) is 57.2 Å². The Kier molecular flexibility index (Phi) is 6.71. The number of nitrogens with one attached hydrogen (secondary N) is 4. The molecule has 0 aliphatic heterocycles. The topological polar surface area (TPSA) is 120 Å². The first kappa shape index (κ1) is 24.6. The summed E-state index contributed by atoms with van der Waals surface area (Å²) >= 11 is 0. The van der Waals surface area contributed by atoms with Gasteiger partial charge in [-0.2, -0.15) is 10.1 Å². The molecule has 0 saturated carbocycles. The highest BCUT2D eigenvalue weighted by molar-refractivity contribution is 5.81. The van der Waals surface area contributed by atoms with Gasteiger partial charge in [0.25, 0.3) is 0 Å². The molecule has 192 valence electrons. The molecule has 9 nitrogen and oxygen atoms in total. The summed E-state index contributed by atoms with van der Waals surface area (Å²) in [6.45, 7) is 10.1. The Morgan fingerprint density at radius 1 is 1.05 bits per heavy atom. The minimum absolute atomic E-state index is 0.00755. The van der Waals surface area contributed by atoms with Crippen LogP contribution in [0.5, 0.6) is 5.75 Å². The van der Waals surface area contributed by atoms with Gasteiger partial charge in [0.1, 0.15) is 11.6 Å². The number of hydrogen-bond acceptors (Lipinski definition) is 8. The van der Waals surface area contributed by atoms with Gasteiger partial charge in [-0.3, -0.25) is 5.10 Å². The molecule has 1 aliphatic rings. The Labute approximate surface area is 216 Å². The van der Waals surface area contributed by atoms with Gasteiger partial charge in [-0.05, 0) is 64.4 Å². The van der Waals surface area contributed by atoms with Crippen molar-refractivity contribution in [3.05, 3.63) is 65.0 Å². The van der Waals surface area contributed by atoms with Gasteiger partial charge in [0.15, 0.2) is 0 Å². The van der Waals surface area contributed by atoms with E-state index in [-0.39, 0.29) is 12.7 Å². The van der Waals surface area contributed by atoms with Crippen LogP contribution in [0.4, 0.5) is 28.8 Å². The second-order valence-corrected chi connectivity index (χ2v) is 9.86. The van der Waals surface area contributed by atoms with E-state index in [0.717, 1.165) is 56.5 Å². The number of hydrogen-bond donors (Lipinski definition) is 5. The van der Waals surface area contributed by atoms with Gasteiger partial charge in [0, 0.05) is 35.3 Å². The maximum atomic E-state index is 9.67. The molecule has 0 atom stereocenters. The van der Waals surface area contributed by atoms with E-state index in [9.17, 15) is 5.11 Å². The Balaban J connectivity index is 1.48. The average Bonchev–Trinajstić information content (AvgIpc) is 3.40. The fourth-order valence-corrected chi connectivity index (χ4v) is 4.48. The van der Waals surface area contributed by atoms with Gasteiger partial charge < -0.3 is 25.8 Å². The van der Waals surface area contributed by atoms with E-state index in [4.69, 9.17) is 9.72 Å². The fraction of sp³-hybridized carbons (Fsp3) is 0.321. The molecule has 2 aromatic carbocycles. The van der Waals surface area contributed by atoms with Crippen molar-refractivity contribution in [2.75, 3.05) is 16.0 Å².